The van der Waals surface area contributed by atoms with Gasteiger partial charge in [0.15, 0.2) is 0 Å². The van der Waals surface area contributed by atoms with Gasteiger partial charge in [-0.15, -0.1) is 0 Å². The molecule has 0 N–H and O–H groups in total. The van der Waals surface area contributed by atoms with Gasteiger partial charge in [0.1, 0.15) is 11.2 Å². The molecule has 0 saturated heterocycles. The van der Waals surface area contributed by atoms with Crippen molar-refractivity contribution in [2.45, 2.75) is 0 Å². The van der Waals surface area contributed by atoms with E-state index >= 15 is 0 Å². The van der Waals surface area contributed by atoms with E-state index in [1.165, 1.54) is 16.5 Å². The summed E-state index contributed by atoms with van der Waals surface area (Å²) in [4.78, 5) is 2.42. The highest BCUT2D eigenvalue weighted by atomic mass is 16.3. The number of para-hydroxylation sites is 1. The first-order valence-electron chi connectivity index (χ1n) is 16.4. The van der Waals surface area contributed by atoms with Crippen LogP contribution in [0.3, 0.4) is 0 Å². The maximum Gasteiger partial charge on any atom is 0.143 e. The SMILES string of the molecule is c1ccc(-c2cc(-c3ccccc3)cc(N(c3ccccc3-c3ccccc3)c3cccc4oc5c6ccccc6ccc5c34)c2)cc1. The van der Waals surface area contributed by atoms with Crippen LogP contribution in [0, 0.1) is 0 Å². The van der Waals surface area contributed by atoms with Crippen LogP contribution < -0.4 is 4.90 Å². The number of nitrogens with zero attached hydrogens (tertiary/aromatic N) is 1. The van der Waals surface area contributed by atoms with E-state index in [9.17, 15) is 0 Å². The maximum atomic E-state index is 6.70. The summed E-state index contributed by atoms with van der Waals surface area (Å²) in [5.74, 6) is 0. The van der Waals surface area contributed by atoms with Crippen LogP contribution in [-0.2, 0) is 0 Å². The van der Waals surface area contributed by atoms with Crippen molar-refractivity contribution in [1.82, 2.24) is 0 Å². The normalized spacial score (nSPS) is 11.3. The third-order valence-electron chi connectivity index (χ3n) is 9.23. The van der Waals surface area contributed by atoms with E-state index in [1.54, 1.807) is 0 Å². The van der Waals surface area contributed by atoms with Gasteiger partial charge >= 0.3 is 0 Å². The monoisotopic (exact) mass is 613 g/mol. The molecule has 0 unspecified atom stereocenters. The summed E-state index contributed by atoms with van der Waals surface area (Å²) in [6.45, 7) is 0. The standard InChI is InChI=1S/C46H31NO/c1-4-15-32(16-5-1)36-29-37(33-17-6-2-7-18-33)31-38(30-36)47(42-24-13-12-22-39(42)34-19-8-3-9-20-34)43-25-14-26-44-45(43)41-28-27-35-21-10-11-23-40(35)46(41)48-44/h1-31H. The summed E-state index contributed by atoms with van der Waals surface area (Å²) < 4.78 is 6.70. The second kappa shape index (κ2) is 11.8. The van der Waals surface area contributed by atoms with Crippen LogP contribution >= 0.6 is 0 Å². The Hall–Kier alpha value is -6.38. The first-order chi connectivity index (χ1) is 23.8. The molecule has 0 fully saturated rings. The molecule has 0 aliphatic heterocycles. The molecule has 1 aromatic heterocycles. The van der Waals surface area contributed by atoms with Gasteiger partial charge in [0.2, 0.25) is 0 Å². The minimum atomic E-state index is 0.864. The van der Waals surface area contributed by atoms with E-state index in [1.807, 2.05) is 0 Å². The quantitative estimate of drug-likeness (QED) is 0.185. The average Bonchev–Trinajstić information content (AvgIpc) is 3.56. The molecule has 2 nitrogen and oxygen atoms in total. The Bertz CT molecular complexity index is 2490. The van der Waals surface area contributed by atoms with Crippen molar-refractivity contribution in [3.05, 3.63) is 188 Å². The van der Waals surface area contributed by atoms with E-state index in [2.05, 4.69) is 193 Å². The molecule has 8 aromatic carbocycles. The molecule has 0 aliphatic carbocycles. The fraction of sp³-hybridized carbons (Fsp3) is 0. The molecule has 0 aliphatic rings. The highest BCUT2D eigenvalue weighted by Crippen LogP contribution is 2.48. The lowest BCUT2D eigenvalue weighted by Crippen LogP contribution is -2.12. The highest BCUT2D eigenvalue weighted by molar-refractivity contribution is 6.20. The second-order valence-corrected chi connectivity index (χ2v) is 12.1. The van der Waals surface area contributed by atoms with Crippen LogP contribution in [0.25, 0.3) is 66.1 Å². The molecule has 1 heterocycles. The molecule has 226 valence electrons. The van der Waals surface area contributed by atoms with Crippen molar-refractivity contribution in [3.63, 3.8) is 0 Å². The van der Waals surface area contributed by atoms with Crippen molar-refractivity contribution >= 4 is 49.8 Å². The predicted molar refractivity (Wildman–Crippen MR) is 202 cm³/mol. The van der Waals surface area contributed by atoms with Crippen molar-refractivity contribution in [2.75, 3.05) is 4.90 Å². The van der Waals surface area contributed by atoms with Crippen molar-refractivity contribution < 1.29 is 4.42 Å². The van der Waals surface area contributed by atoms with Crippen molar-refractivity contribution in [2.24, 2.45) is 0 Å². The Morgan fingerprint density at radius 2 is 0.958 bits per heavy atom. The van der Waals surface area contributed by atoms with Gasteiger partial charge in [0.25, 0.3) is 0 Å². The molecule has 48 heavy (non-hydrogen) atoms. The molecule has 0 bridgehead atoms. The van der Waals surface area contributed by atoms with Gasteiger partial charge in [-0.25, -0.2) is 0 Å². The fourth-order valence-electron chi connectivity index (χ4n) is 6.99. The molecule has 9 aromatic rings. The average molecular weight is 614 g/mol. The topological polar surface area (TPSA) is 16.4 Å². The number of fused-ring (bicyclic) bond motifs is 5. The van der Waals surface area contributed by atoms with Crippen molar-refractivity contribution in [3.8, 4) is 33.4 Å². The Morgan fingerprint density at radius 3 is 1.67 bits per heavy atom. The molecular weight excluding hydrogens is 583 g/mol. The number of hydrogen-bond acceptors (Lipinski definition) is 2. The van der Waals surface area contributed by atoms with Gasteiger partial charge in [-0.3, -0.25) is 0 Å². The summed E-state index contributed by atoms with van der Waals surface area (Å²) >= 11 is 0. The number of anilines is 3. The lowest BCUT2D eigenvalue weighted by molar-refractivity contribution is 0.672. The molecule has 2 heteroatoms. The van der Waals surface area contributed by atoms with E-state index in [0.29, 0.717) is 0 Å². The minimum absolute atomic E-state index is 0.864. The van der Waals surface area contributed by atoms with Gasteiger partial charge in [0, 0.05) is 22.0 Å². The van der Waals surface area contributed by atoms with Gasteiger partial charge < -0.3 is 9.32 Å². The largest absolute Gasteiger partial charge is 0.455 e. The summed E-state index contributed by atoms with van der Waals surface area (Å²) in [6, 6.07) is 66.9. The molecular formula is C46H31NO. The Morgan fingerprint density at radius 1 is 0.375 bits per heavy atom. The van der Waals surface area contributed by atoms with E-state index < -0.39 is 0 Å². The third kappa shape index (κ3) is 4.83. The zero-order valence-electron chi connectivity index (χ0n) is 26.3. The van der Waals surface area contributed by atoms with Crippen LogP contribution in [0.15, 0.2) is 192 Å². The minimum Gasteiger partial charge on any atom is -0.455 e. The smallest absolute Gasteiger partial charge is 0.143 e. The van der Waals surface area contributed by atoms with E-state index in [0.717, 1.165) is 66.6 Å². The highest BCUT2D eigenvalue weighted by Gasteiger charge is 2.23. The molecule has 0 amide bonds. The third-order valence-corrected chi connectivity index (χ3v) is 9.23. The summed E-state index contributed by atoms with van der Waals surface area (Å²) in [5.41, 5.74) is 12.0. The lowest BCUT2D eigenvalue weighted by Gasteiger charge is -2.29. The van der Waals surface area contributed by atoms with Crippen molar-refractivity contribution in [1.29, 1.82) is 0 Å². The van der Waals surface area contributed by atoms with Gasteiger partial charge in [-0.2, -0.15) is 0 Å². The molecule has 0 spiro atoms. The number of hydrogen-bond donors (Lipinski definition) is 0. The molecule has 9 rings (SSSR count). The first kappa shape index (κ1) is 27.9. The first-order valence-corrected chi connectivity index (χ1v) is 16.4. The number of benzene rings is 8. The van der Waals surface area contributed by atoms with Crippen LogP contribution in [0.1, 0.15) is 0 Å². The molecule has 0 saturated carbocycles. The second-order valence-electron chi connectivity index (χ2n) is 12.1. The zero-order chi connectivity index (χ0) is 31.9. The van der Waals surface area contributed by atoms with Gasteiger partial charge in [-0.05, 0) is 75.7 Å². The zero-order valence-corrected chi connectivity index (χ0v) is 26.3. The molecule has 0 atom stereocenters. The van der Waals surface area contributed by atoms with E-state index in [4.69, 9.17) is 4.42 Å². The van der Waals surface area contributed by atoms with Crippen LogP contribution in [-0.4, -0.2) is 0 Å². The molecule has 0 radical (unpaired) electrons. The predicted octanol–water partition coefficient (Wildman–Crippen LogP) is 13.2. The number of rotatable bonds is 6. The fourth-order valence-corrected chi connectivity index (χ4v) is 6.99. The van der Waals surface area contributed by atoms with Gasteiger partial charge in [0.05, 0.1) is 16.8 Å². The maximum absolute atomic E-state index is 6.70. The number of furan rings is 1. The summed E-state index contributed by atoms with van der Waals surface area (Å²) in [7, 11) is 0. The van der Waals surface area contributed by atoms with Crippen LogP contribution in [0.5, 0.6) is 0 Å². The van der Waals surface area contributed by atoms with Gasteiger partial charge in [-0.1, -0.05) is 146 Å². The van der Waals surface area contributed by atoms with Crippen LogP contribution in [0.2, 0.25) is 0 Å². The Balaban J connectivity index is 1.38. The lowest BCUT2D eigenvalue weighted by atomic mass is 9.96. The van der Waals surface area contributed by atoms with Crippen LogP contribution in [0.4, 0.5) is 17.1 Å². The Kier molecular flexibility index (Phi) is 6.84. The Labute approximate surface area is 279 Å². The van der Waals surface area contributed by atoms with E-state index in [-0.39, 0.29) is 0 Å². The summed E-state index contributed by atoms with van der Waals surface area (Å²) in [6.07, 6.45) is 0. The summed E-state index contributed by atoms with van der Waals surface area (Å²) in [5, 5.41) is 4.47.